The molecule has 0 aliphatic rings. The fourth-order valence-electron chi connectivity index (χ4n) is 1.67. The van der Waals surface area contributed by atoms with Crippen LogP contribution < -0.4 is 10.6 Å². The highest BCUT2D eigenvalue weighted by Crippen LogP contribution is 2.03. The summed E-state index contributed by atoms with van der Waals surface area (Å²) in [5, 5.41) is 5.57. The zero-order chi connectivity index (χ0) is 16.4. The molecular formula is C14H27N3O4. The van der Waals surface area contributed by atoms with Gasteiger partial charge in [-0.15, -0.1) is 0 Å². The molecule has 7 nitrogen and oxygen atoms in total. The molecule has 0 spiro atoms. The van der Waals surface area contributed by atoms with E-state index >= 15 is 0 Å². The Morgan fingerprint density at radius 3 is 2.33 bits per heavy atom. The summed E-state index contributed by atoms with van der Waals surface area (Å²) in [4.78, 5) is 36.3. The van der Waals surface area contributed by atoms with E-state index < -0.39 is 12.0 Å². The van der Waals surface area contributed by atoms with Gasteiger partial charge in [-0.2, -0.15) is 0 Å². The second kappa shape index (κ2) is 10.1. The Morgan fingerprint density at radius 1 is 1.24 bits per heavy atom. The normalized spacial score (nSPS) is 11.9. The predicted octanol–water partition coefficient (Wildman–Crippen LogP) is -0.242. The topological polar surface area (TPSA) is 87.7 Å². The molecule has 21 heavy (non-hydrogen) atoms. The second-order valence-corrected chi connectivity index (χ2v) is 5.23. The maximum atomic E-state index is 11.9. The second-order valence-electron chi connectivity index (χ2n) is 5.23. The minimum atomic E-state index is -0.540. The van der Waals surface area contributed by atoms with Crippen LogP contribution in [0.15, 0.2) is 0 Å². The number of amides is 2. The lowest BCUT2D eigenvalue weighted by Gasteiger charge is -2.22. The largest absolute Gasteiger partial charge is 0.468 e. The summed E-state index contributed by atoms with van der Waals surface area (Å²) in [6.45, 7) is 6.26. The summed E-state index contributed by atoms with van der Waals surface area (Å²) >= 11 is 0. The molecule has 122 valence electrons. The van der Waals surface area contributed by atoms with Gasteiger partial charge in [-0.05, 0) is 12.3 Å². The molecule has 0 rings (SSSR count). The van der Waals surface area contributed by atoms with Crippen LogP contribution in [-0.2, 0) is 19.1 Å². The van der Waals surface area contributed by atoms with Crippen molar-refractivity contribution in [3.8, 4) is 0 Å². The number of esters is 1. The van der Waals surface area contributed by atoms with E-state index in [2.05, 4.69) is 15.4 Å². The van der Waals surface area contributed by atoms with Crippen LogP contribution in [0.4, 0.5) is 0 Å². The maximum absolute atomic E-state index is 11.9. The van der Waals surface area contributed by atoms with Gasteiger partial charge in [0.2, 0.25) is 11.8 Å². The number of methoxy groups -OCH3 is 1. The molecule has 1 atom stereocenters. The molecule has 0 saturated heterocycles. The lowest BCUT2D eigenvalue weighted by atomic mass is 10.0. The zero-order valence-corrected chi connectivity index (χ0v) is 13.6. The van der Waals surface area contributed by atoms with Crippen molar-refractivity contribution in [1.29, 1.82) is 0 Å². The Balaban J connectivity index is 4.28. The van der Waals surface area contributed by atoms with Crippen LogP contribution in [0.25, 0.3) is 0 Å². The molecule has 0 aromatic rings. The quantitative estimate of drug-likeness (QED) is 0.574. The van der Waals surface area contributed by atoms with E-state index in [1.165, 1.54) is 12.0 Å². The average molecular weight is 301 g/mol. The van der Waals surface area contributed by atoms with Crippen molar-refractivity contribution in [2.45, 2.75) is 33.2 Å². The van der Waals surface area contributed by atoms with Crippen molar-refractivity contribution < 1.29 is 19.1 Å². The molecule has 0 heterocycles. The molecule has 2 amide bonds. The minimum absolute atomic E-state index is 0.00316. The van der Waals surface area contributed by atoms with E-state index in [4.69, 9.17) is 0 Å². The number of hydrogen-bond donors (Lipinski definition) is 2. The first-order valence-corrected chi connectivity index (χ1v) is 7.15. The van der Waals surface area contributed by atoms with E-state index in [1.807, 2.05) is 20.8 Å². The first-order chi connectivity index (χ1) is 9.83. The first-order valence-electron chi connectivity index (χ1n) is 7.15. The number of carbonyl (C=O) groups is 3. The molecular weight excluding hydrogens is 274 g/mol. The van der Waals surface area contributed by atoms with Crippen molar-refractivity contribution in [2.75, 3.05) is 33.8 Å². The molecule has 0 fully saturated rings. The van der Waals surface area contributed by atoms with Crippen LogP contribution in [0.3, 0.4) is 0 Å². The Bertz CT molecular complexity index is 358. The van der Waals surface area contributed by atoms with Crippen molar-refractivity contribution in [3.63, 3.8) is 0 Å². The minimum Gasteiger partial charge on any atom is -0.468 e. The molecule has 0 bridgehead atoms. The Kier molecular flexibility index (Phi) is 9.36. The fourth-order valence-corrected chi connectivity index (χ4v) is 1.67. The lowest BCUT2D eigenvalue weighted by Crippen LogP contribution is -2.48. The van der Waals surface area contributed by atoms with E-state index in [0.717, 1.165) is 6.42 Å². The molecule has 0 aromatic carbocycles. The zero-order valence-electron chi connectivity index (χ0n) is 13.6. The Morgan fingerprint density at radius 2 is 1.86 bits per heavy atom. The number of likely N-dealkylation sites (N-methyl/N-ethyl adjacent to an activating group) is 1. The summed E-state index contributed by atoms with van der Waals surface area (Å²) in [5.41, 5.74) is 0. The third-order valence-corrected chi connectivity index (χ3v) is 2.97. The number of carbonyl (C=O) groups excluding carboxylic acids is 3. The molecule has 0 radical (unpaired) electrons. The highest BCUT2D eigenvalue weighted by molar-refractivity contribution is 5.86. The third-order valence-electron chi connectivity index (χ3n) is 2.97. The number of ether oxygens (including phenoxy) is 1. The Labute approximate surface area is 126 Å². The van der Waals surface area contributed by atoms with E-state index in [-0.39, 0.29) is 30.8 Å². The SMILES string of the molecule is CCCNC(=O)CN(C)C(=O)CNC(C(=O)OC)C(C)C. The van der Waals surface area contributed by atoms with Gasteiger partial charge in [-0.25, -0.2) is 0 Å². The van der Waals surface area contributed by atoms with Crippen LogP contribution >= 0.6 is 0 Å². The fraction of sp³-hybridized carbons (Fsp3) is 0.786. The van der Waals surface area contributed by atoms with Gasteiger partial charge in [0.1, 0.15) is 6.04 Å². The molecule has 7 heteroatoms. The van der Waals surface area contributed by atoms with E-state index in [0.29, 0.717) is 6.54 Å². The molecule has 0 aliphatic carbocycles. The highest BCUT2D eigenvalue weighted by Gasteiger charge is 2.24. The monoisotopic (exact) mass is 301 g/mol. The summed E-state index contributed by atoms with van der Waals surface area (Å²) in [6, 6.07) is -0.540. The number of nitrogens with one attached hydrogen (secondary N) is 2. The molecule has 0 aliphatic heterocycles. The molecule has 1 unspecified atom stereocenters. The van der Waals surface area contributed by atoms with Gasteiger partial charge in [0.05, 0.1) is 20.2 Å². The highest BCUT2D eigenvalue weighted by atomic mass is 16.5. The van der Waals surface area contributed by atoms with Gasteiger partial charge in [0.25, 0.3) is 0 Å². The molecule has 0 aromatic heterocycles. The van der Waals surface area contributed by atoms with E-state index in [9.17, 15) is 14.4 Å². The van der Waals surface area contributed by atoms with Gasteiger partial charge >= 0.3 is 5.97 Å². The van der Waals surface area contributed by atoms with Gasteiger partial charge in [0.15, 0.2) is 0 Å². The van der Waals surface area contributed by atoms with Crippen LogP contribution in [-0.4, -0.2) is 62.5 Å². The van der Waals surface area contributed by atoms with Crippen LogP contribution in [0.5, 0.6) is 0 Å². The number of hydrogen-bond acceptors (Lipinski definition) is 5. The standard InChI is InChI=1S/C14H27N3O4/c1-6-7-15-11(18)9-17(4)12(19)8-16-13(10(2)3)14(20)21-5/h10,13,16H,6-9H2,1-5H3,(H,15,18). The molecule has 2 N–H and O–H groups in total. The van der Waals surface area contributed by atoms with Crippen molar-refractivity contribution in [1.82, 2.24) is 15.5 Å². The average Bonchev–Trinajstić information content (AvgIpc) is 2.44. The summed E-state index contributed by atoms with van der Waals surface area (Å²) in [6.07, 6.45) is 0.847. The van der Waals surface area contributed by atoms with Crippen LogP contribution in [0.1, 0.15) is 27.2 Å². The summed E-state index contributed by atoms with van der Waals surface area (Å²) < 4.78 is 4.68. The summed E-state index contributed by atoms with van der Waals surface area (Å²) in [5.74, 6) is -0.846. The number of rotatable bonds is 9. The summed E-state index contributed by atoms with van der Waals surface area (Å²) in [7, 11) is 2.86. The third kappa shape index (κ3) is 7.65. The Hall–Kier alpha value is -1.63. The lowest BCUT2D eigenvalue weighted by molar-refractivity contribution is -0.144. The van der Waals surface area contributed by atoms with Crippen LogP contribution in [0, 0.1) is 5.92 Å². The van der Waals surface area contributed by atoms with Gasteiger partial charge in [0, 0.05) is 13.6 Å². The van der Waals surface area contributed by atoms with Gasteiger partial charge in [-0.1, -0.05) is 20.8 Å². The maximum Gasteiger partial charge on any atom is 0.323 e. The van der Waals surface area contributed by atoms with Crippen molar-refractivity contribution in [2.24, 2.45) is 5.92 Å². The van der Waals surface area contributed by atoms with Crippen LogP contribution in [0.2, 0.25) is 0 Å². The van der Waals surface area contributed by atoms with E-state index in [1.54, 1.807) is 7.05 Å². The number of nitrogens with zero attached hydrogens (tertiary/aromatic N) is 1. The molecule has 0 saturated carbocycles. The van der Waals surface area contributed by atoms with Crippen molar-refractivity contribution in [3.05, 3.63) is 0 Å². The first kappa shape index (κ1) is 19.4. The smallest absolute Gasteiger partial charge is 0.323 e. The van der Waals surface area contributed by atoms with Gasteiger partial charge in [-0.3, -0.25) is 19.7 Å². The predicted molar refractivity (Wildman–Crippen MR) is 79.6 cm³/mol. The van der Waals surface area contributed by atoms with Gasteiger partial charge < -0.3 is 15.0 Å². The van der Waals surface area contributed by atoms with Crippen molar-refractivity contribution >= 4 is 17.8 Å².